The third kappa shape index (κ3) is 13.6. The van der Waals surface area contributed by atoms with Crippen LogP contribution in [0, 0.1) is 11.8 Å². The topological polar surface area (TPSA) is 140 Å². The van der Waals surface area contributed by atoms with Crippen molar-refractivity contribution < 1.29 is 23.7 Å². The summed E-state index contributed by atoms with van der Waals surface area (Å²) in [6, 6.07) is 20.9. The highest BCUT2D eigenvalue weighted by atomic mass is 35.5. The van der Waals surface area contributed by atoms with Gasteiger partial charge in [0.2, 0.25) is 5.91 Å². The Labute approximate surface area is 432 Å². The summed E-state index contributed by atoms with van der Waals surface area (Å²) in [6.45, 7) is 20.4. The van der Waals surface area contributed by atoms with Crippen LogP contribution in [-0.4, -0.2) is 143 Å². The summed E-state index contributed by atoms with van der Waals surface area (Å²) in [4.78, 5) is 27.2. The van der Waals surface area contributed by atoms with Gasteiger partial charge in [0.15, 0.2) is 0 Å². The maximum Gasteiger partial charge on any atom is 0.222 e. The third-order valence-electron chi connectivity index (χ3n) is 13.8. The molecule has 380 valence electrons. The van der Waals surface area contributed by atoms with Crippen LogP contribution < -0.4 is 5.32 Å². The second-order valence-corrected chi connectivity index (χ2v) is 22.1. The molecule has 0 spiro atoms. The lowest BCUT2D eigenvalue weighted by Crippen LogP contribution is -2.48. The molecule has 3 aliphatic rings. The summed E-state index contributed by atoms with van der Waals surface area (Å²) >= 11 is 10.0. The van der Waals surface area contributed by atoms with Crippen LogP contribution in [0.3, 0.4) is 0 Å². The molecule has 2 aromatic carbocycles. The molecule has 2 fully saturated rings. The van der Waals surface area contributed by atoms with Crippen molar-refractivity contribution in [3.8, 4) is 11.1 Å². The molecule has 1 amide bonds. The van der Waals surface area contributed by atoms with E-state index >= 15 is 0 Å². The van der Waals surface area contributed by atoms with Crippen LogP contribution in [0.1, 0.15) is 77.8 Å². The molecular formula is C54H70ClN9O5S2. The molecule has 4 unspecified atom stereocenters. The molecule has 3 aliphatic heterocycles. The normalized spacial score (nSPS) is 22.2. The van der Waals surface area contributed by atoms with E-state index in [9.17, 15) is 4.79 Å². The number of aliphatic imine (C=N–C) groups is 1. The van der Waals surface area contributed by atoms with Crippen molar-refractivity contribution in [1.82, 2.24) is 29.1 Å². The molecule has 8 rings (SSSR count). The Morgan fingerprint density at radius 2 is 1.73 bits per heavy atom. The average molecular weight is 1020 g/mol. The average Bonchev–Trinajstić information content (AvgIpc) is 3.87. The molecule has 0 radical (unpaired) electrons. The number of piperidine rings is 1. The number of rotatable bonds is 23. The fourth-order valence-corrected chi connectivity index (χ4v) is 12.9. The zero-order chi connectivity index (χ0) is 49.7. The van der Waals surface area contributed by atoms with Gasteiger partial charge >= 0.3 is 0 Å². The Kier molecular flexibility index (Phi) is 19.0. The Hall–Kier alpha value is -4.39. The van der Waals surface area contributed by atoms with Crippen LogP contribution >= 0.6 is 35.3 Å². The Morgan fingerprint density at radius 3 is 2.48 bits per heavy atom. The molecule has 0 aliphatic carbocycles. The summed E-state index contributed by atoms with van der Waals surface area (Å²) in [5, 5.41) is 18.2. The van der Waals surface area contributed by atoms with Gasteiger partial charge in [-0.25, -0.2) is 8.82 Å². The number of nitrogens with one attached hydrogen (secondary N) is 1. The van der Waals surface area contributed by atoms with Gasteiger partial charge in [-0.2, -0.15) is 10.2 Å². The number of carbonyl (C=O) groups excluding carboxylic acids is 1. The van der Waals surface area contributed by atoms with E-state index in [-0.39, 0.29) is 29.7 Å². The Bertz CT molecular complexity index is 2630. The summed E-state index contributed by atoms with van der Waals surface area (Å²) in [7, 11) is 0. The van der Waals surface area contributed by atoms with Crippen molar-refractivity contribution in [2.45, 2.75) is 100 Å². The van der Waals surface area contributed by atoms with E-state index in [2.05, 4.69) is 93.8 Å². The van der Waals surface area contributed by atoms with Gasteiger partial charge in [0.25, 0.3) is 0 Å². The van der Waals surface area contributed by atoms with E-state index in [0.29, 0.717) is 75.5 Å². The minimum atomic E-state index is -0.730. The van der Waals surface area contributed by atoms with E-state index in [1.807, 2.05) is 84.8 Å². The molecule has 71 heavy (non-hydrogen) atoms. The predicted molar refractivity (Wildman–Crippen MR) is 290 cm³/mol. The zero-order valence-electron chi connectivity index (χ0n) is 41.9. The first kappa shape index (κ1) is 52.9. The highest BCUT2D eigenvalue weighted by molar-refractivity contribution is 8.00. The van der Waals surface area contributed by atoms with Gasteiger partial charge in [-0.1, -0.05) is 63.1 Å². The lowest BCUT2D eigenvalue weighted by molar-refractivity contribution is -0.122. The lowest BCUT2D eigenvalue weighted by Gasteiger charge is -2.35. The number of carbonyl (C=O) groups is 1. The third-order valence-corrected chi connectivity index (χ3v) is 16.9. The number of hydrogen-bond donors (Lipinski definition) is 1. The van der Waals surface area contributed by atoms with E-state index < -0.39 is 5.54 Å². The van der Waals surface area contributed by atoms with Crippen LogP contribution in [0.15, 0.2) is 99.3 Å². The largest absolute Gasteiger partial charge is 0.377 e. The maximum atomic E-state index is 13.5. The number of halogens is 1. The zero-order valence-corrected chi connectivity index (χ0v) is 44.3. The van der Waals surface area contributed by atoms with E-state index in [4.69, 9.17) is 40.5 Å². The van der Waals surface area contributed by atoms with Crippen molar-refractivity contribution in [2.24, 2.45) is 27.0 Å². The Balaban J connectivity index is 0.709. The number of aryl methyl sites for hydroxylation is 1. The second kappa shape index (κ2) is 25.5. The van der Waals surface area contributed by atoms with Crippen LogP contribution in [0.5, 0.6) is 0 Å². The molecule has 17 heteroatoms. The van der Waals surface area contributed by atoms with E-state index in [1.165, 1.54) is 16.0 Å². The van der Waals surface area contributed by atoms with Gasteiger partial charge in [0.1, 0.15) is 5.84 Å². The van der Waals surface area contributed by atoms with Crippen LogP contribution in [0.25, 0.3) is 27.5 Å². The number of amides is 1. The molecule has 0 saturated carbocycles. The van der Waals surface area contributed by atoms with Gasteiger partial charge in [0, 0.05) is 83.0 Å². The molecule has 6 heterocycles. The SMILES string of the molecule is C=N/N=C(/C)N1C[C@@](C)(CC(=O)NCCOCCOCCOCCOC2CCN(Sc3ccc4cccnc4c3-c3ccn4ncc(CCCC)c4c3)CC2)N=C(c2ccc(Cl)cc2)C2C(C)C(C)SC21. The van der Waals surface area contributed by atoms with Gasteiger partial charge < -0.3 is 29.2 Å². The van der Waals surface area contributed by atoms with Gasteiger partial charge in [-0.05, 0) is 110 Å². The first-order chi connectivity index (χ1) is 34.5. The monoisotopic (exact) mass is 1020 g/mol. The molecule has 0 bridgehead atoms. The number of thioether (sulfide) groups is 1. The maximum absolute atomic E-state index is 13.5. The molecule has 5 atom stereocenters. The van der Waals surface area contributed by atoms with Crippen molar-refractivity contribution >= 4 is 75.9 Å². The second-order valence-electron chi connectivity index (χ2n) is 19.0. The first-order valence-electron chi connectivity index (χ1n) is 25.2. The summed E-state index contributed by atoms with van der Waals surface area (Å²) in [6.07, 6.45) is 11.6. The standard InChI is InChI=1S/C54H70ClN9O5S2/c1-7-8-10-43-35-59-64-25-18-42(33-46(43)64)50-47(17-14-40-11-9-21-58-51(40)50)71-62-23-19-45(20-24-62)69-32-31-68-30-29-67-28-27-66-26-22-57-48(65)34-54(5)36-63(39(4)61-56-6)53-49(37(2)38(3)70-53)52(60-54)41-12-15-44(55)16-13-41/h9,11-18,21,25,33,35,37-38,45,49,53H,6-8,10,19-20,22-24,26-32,34,36H2,1-5H3,(H,57,65)/b61-39-/t37?,38?,49?,53?,54-/m1/s1. The quantitative estimate of drug-likeness (QED) is 0.0220. The number of fused-ring (bicyclic) bond motifs is 3. The number of unbranched alkanes of at least 4 members (excludes halogenated alkanes) is 1. The number of hydrogen-bond acceptors (Lipinski definition) is 13. The highest BCUT2D eigenvalue weighted by Gasteiger charge is 2.50. The summed E-state index contributed by atoms with van der Waals surface area (Å²) < 4.78 is 28.0. The molecule has 1 N–H and O–H groups in total. The summed E-state index contributed by atoms with van der Waals surface area (Å²) in [5.74, 6) is 1.14. The lowest BCUT2D eigenvalue weighted by atomic mass is 9.84. The Morgan fingerprint density at radius 1 is 0.986 bits per heavy atom. The van der Waals surface area contributed by atoms with Crippen LogP contribution in [0.4, 0.5) is 0 Å². The summed E-state index contributed by atoms with van der Waals surface area (Å²) in [5.41, 5.74) is 7.10. The number of amidine groups is 1. The fraction of sp³-hybridized carbons (Fsp3) is 0.519. The van der Waals surface area contributed by atoms with Crippen LogP contribution in [0.2, 0.25) is 5.02 Å². The highest BCUT2D eigenvalue weighted by Crippen LogP contribution is 2.49. The molecule has 14 nitrogen and oxygen atoms in total. The number of benzene rings is 2. The van der Waals surface area contributed by atoms with Gasteiger partial charge in [-0.3, -0.25) is 14.8 Å². The fourth-order valence-electron chi connectivity index (χ4n) is 9.86. The van der Waals surface area contributed by atoms with E-state index in [1.54, 1.807) is 0 Å². The molecule has 2 saturated heterocycles. The van der Waals surface area contributed by atoms with Crippen molar-refractivity contribution in [3.05, 3.63) is 95.4 Å². The van der Waals surface area contributed by atoms with Crippen molar-refractivity contribution in [1.29, 1.82) is 0 Å². The smallest absolute Gasteiger partial charge is 0.222 e. The molecular weight excluding hydrogens is 954 g/mol. The number of nitrogens with zero attached hydrogens (tertiary/aromatic N) is 8. The minimum absolute atomic E-state index is 0.0859. The number of ether oxygens (including phenoxy) is 4. The number of aromatic nitrogens is 3. The van der Waals surface area contributed by atoms with Crippen molar-refractivity contribution in [2.75, 3.05) is 72.4 Å². The van der Waals surface area contributed by atoms with Gasteiger partial charge in [0.05, 0.1) is 86.9 Å². The molecule has 5 aromatic rings. The van der Waals surface area contributed by atoms with E-state index in [0.717, 1.165) is 84.3 Å². The number of pyridine rings is 2. The van der Waals surface area contributed by atoms with Crippen LogP contribution in [-0.2, 0) is 30.2 Å². The molecule has 3 aromatic heterocycles. The first-order valence-corrected chi connectivity index (χ1v) is 27.3. The van der Waals surface area contributed by atoms with Crippen molar-refractivity contribution in [3.63, 3.8) is 0 Å². The minimum Gasteiger partial charge on any atom is -0.377 e. The predicted octanol–water partition coefficient (Wildman–Crippen LogP) is 9.90. The van der Waals surface area contributed by atoms with Gasteiger partial charge in [-0.15, -0.1) is 16.9 Å².